The van der Waals surface area contributed by atoms with Gasteiger partial charge in [-0.15, -0.1) is 0 Å². The van der Waals surface area contributed by atoms with Crippen molar-refractivity contribution in [3.63, 3.8) is 0 Å². The van der Waals surface area contributed by atoms with E-state index in [0.717, 1.165) is 29.8 Å². The zero-order valence-corrected chi connectivity index (χ0v) is 9.82. The second kappa shape index (κ2) is 4.66. The van der Waals surface area contributed by atoms with Crippen molar-refractivity contribution in [2.45, 2.75) is 19.5 Å². The Labute approximate surface area is 104 Å². The maximum atomic E-state index is 12.0. The van der Waals surface area contributed by atoms with Crippen molar-refractivity contribution in [2.75, 3.05) is 6.54 Å². The number of amides is 1. The lowest BCUT2D eigenvalue weighted by atomic mass is 10.1. The fourth-order valence-electron chi connectivity index (χ4n) is 2.07. The Morgan fingerprint density at radius 2 is 2.50 bits per heavy atom. The molecule has 1 amide bonds. The fraction of sp³-hybridized carbons (Fsp3) is 0.333. The van der Waals surface area contributed by atoms with Crippen molar-refractivity contribution in [3.8, 4) is 0 Å². The maximum absolute atomic E-state index is 12.0. The van der Waals surface area contributed by atoms with Crippen LogP contribution in [-0.2, 0) is 19.5 Å². The minimum absolute atomic E-state index is 0.155. The van der Waals surface area contributed by atoms with E-state index in [1.165, 1.54) is 0 Å². The van der Waals surface area contributed by atoms with Gasteiger partial charge >= 0.3 is 0 Å². The van der Waals surface area contributed by atoms with Crippen LogP contribution in [0.4, 0.5) is 0 Å². The van der Waals surface area contributed by atoms with Gasteiger partial charge in [0, 0.05) is 42.9 Å². The van der Waals surface area contributed by atoms with E-state index in [4.69, 9.17) is 4.42 Å². The Kier molecular flexibility index (Phi) is 2.85. The molecule has 2 aromatic heterocycles. The Hall–Kier alpha value is -2.08. The van der Waals surface area contributed by atoms with Crippen molar-refractivity contribution < 1.29 is 9.21 Å². The molecule has 3 heterocycles. The smallest absolute Gasteiger partial charge is 0.272 e. The van der Waals surface area contributed by atoms with Crippen LogP contribution in [0.5, 0.6) is 0 Å². The molecule has 0 bridgehead atoms. The predicted molar refractivity (Wildman–Crippen MR) is 63.9 cm³/mol. The number of aromatic amines is 1. The SMILES string of the molecule is O=C(NCc1ccoc1)c1n[nH]c2c1CNCC2. The normalized spacial score (nSPS) is 14.2. The molecule has 1 aliphatic rings. The lowest BCUT2D eigenvalue weighted by Crippen LogP contribution is -2.28. The van der Waals surface area contributed by atoms with Crippen LogP contribution in [0.3, 0.4) is 0 Å². The molecular formula is C12H14N4O2. The number of nitrogens with one attached hydrogen (secondary N) is 3. The summed E-state index contributed by atoms with van der Waals surface area (Å²) < 4.78 is 4.94. The highest BCUT2D eigenvalue weighted by Crippen LogP contribution is 2.15. The van der Waals surface area contributed by atoms with Gasteiger partial charge in [0.2, 0.25) is 0 Å². The van der Waals surface area contributed by atoms with Crippen molar-refractivity contribution in [2.24, 2.45) is 0 Å². The zero-order chi connectivity index (χ0) is 12.4. The molecule has 0 spiro atoms. The second-order valence-electron chi connectivity index (χ2n) is 4.27. The van der Waals surface area contributed by atoms with Crippen molar-refractivity contribution >= 4 is 5.91 Å². The summed E-state index contributed by atoms with van der Waals surface area (Å²) in [6.07, 6.45) is 4.08. The van der Waals surface area contributed by atoms with Gasteiger partial charge in [-0.1, -0.05) is 0 Å². The number of carbonyl (C=O) groups excluding carboxylic acids is 1. The first-order valence-corrected chi connectivity index (χ1v) is 5.90. The molecule has 6 heteroatoms. The first kappa shape index (κ1) is 11.0. The fourth-order valence-corrected chi connectivity index (χ4v) is 2.07. The van der Waals surface area contributed by atoms with E-state index in [1.54, 1.807) is 12.5 Å². The minimum Gasteiger partial charge on any atom is -0.472 e. The average molecular weight is 246 g/mol. The molecule has 0 radical (unpaired) electrons. The summed E-state index contributed by atoms with van der Waals surface area (Å²) >= 11 is 0. The highest BCUT2D eigenvalue weighted by Gasteiger charge is 2.21. The maximum Gasteiger partial charge on any atom is 0.272 e. The van der Waals surface area contributed by atoms with Crippen molar-refractivity contribution in [1.82, 2.24) is 20.8 Å². The number of H-pyrrole nitrogens is 1. The zero-order valence-electron chi connectivity index (χ0n) is 9.82. The van der Waals surface area contributed by atoms with Gasteiger partial charge in [-0.2, -0.15) is 5.10 Å². The molecule has 6 nitrogen and oxygen atoms in total. The lowest BCUT2D eigenvalue weighted by molar-refractivity contribution is 0.0944. The number of hydrogen-bond acceptors (Lipinski definition) is 4. The van der Waals surface area contributed by atoms with Gasteiger partial charge in [-0.3, -0.25) is 9.89 Å². The number of nitrogens with zero attached hydrogens (tertiary/aromatic N) is 1. The molecule has 0 aliphatic carbocycles. The molecule has 3 rings (SSSR count). The topological polar surface area (TPSA) is 83.0 Å². The van der Waals surface area contributed by atoms with Gasteiger partial charge in [-0.05, 0) is 6.07 Å². The van der Waals surface area contributed by atoms with Crippen LogP contribution in [-0.4, -0.2) is 22.6 Å². The van der Waals surface area contributed by atoms with Crippen LogP contribution in [0, 0.1) is 0 Å². The number of carbonyl (C=O) groups is 1. The molecule has 18 heavy (non-hydrogen) atoms. The molecule has 0 aromatic carbocycles. The first-order chi connectivity index (χ1) is 8.84. The quantitative estimate of drug-likeness (QED) is 0.739. The molecular weight excluding hydrogens is 232 g/mol. The predicted octanol–water partition coefficient (Wildman–Crippen LogP) is 0.578. The lowest BCUT2D eigenvalue weighted by Gasteiger charge is -2.12. The Bertz CT molecular complexity index is 544. The Balaban J connectivity index is 1.70. The summed E-state index contributed by atoms with van der Waals surface area (Å²) in [7, 11) is 0. The second-order valence-corrected chi connectivity index (χ2v) is 4.27. The molecule has 0 saturated heterocycles. The Morgan fingerprint density at radius 1 is 1.56 bits per heavy atom. The highest BCUT2D eigenvalue weighted by atomic mass is 16.3. The monoisotopic (exact) mass is 246 g/mol. The van der Waals surface area contributed by atoms with E-state index in [2.05, 4.69) is 20.8 Å². The van der Waals surface area contributed by atoms with E-state index >= 15 is 0 Å². The number of furan rings is 1. The average Bonchev–Trinajstić information content (AvgIpc) is 3.05. The number of fused-ring (bicyclic) bond motifs is 1. The number of aromatic nitrogens is 2. The van der Waals surface area contributed by atoms with Gasteiger partial charge in [0.1, 0.15) is 0 Å². The highest BCUT2D eigenvalue weighted by molar-refractivity contribution is 5.93. The molecule has 0 fully saturated rings. The van der Waals surface area contributed by atoms with E-state index in [-0.39, 0.29) is 5.91 Å². The third-order valence-electron chi connectivity index (χ3n) is 3.05. The summed E-state index contributed by atoms with van der Waals surface area (Å²) in [6.45, 7) is 2.07. The van der Waals surface area contributed by atoms with Gasteiger partial charge in [0.25, 0.3) is 5.91 Å². The van der Waals surface area contributed by atoms with Gasteiger partial charge in [0.05, 0.1) is 12.5 Å². The van der Waals surface area contributed by atoms with E-state index in [0.29, 0.717) is 18.8 Å². The van der Waals surface area contributed by atoms with Crippen molar-refractivity contribution in [1.29, 1.82) is 0 Å². The summed E-state index contributed by atoms with van der Waals surface area (Å²) in [5.41, 5.74) is 3.46. The molecule has 0 saturated carbocycles. The summed E-state index contributed by atoms with van der Waals surface area (Å²) in [6, 6.07) is 1.82. The van der Waals surface area contributed by atoms with Gasteiger partial charge in [0.15, 0.2) is 5.69 Å². The summed E-state index contributed by atoms with van der Waals surface area (Å²) in [5.74, 6) is -0.155. The summed E-state index contributed by atoms with van der Waals surface area (Å²) in [5, 5.41) is 13.1. The Morgan fingerprint density at radius 3 is 3.33 bits per heavy atom. The minimum atomic E-state index is -0.155. The van der Waals surface area contributed by atoms with Gasteiger partial charge < -0.3 is 15.1 Å². The standard InChI is InChI=1S/C12H14N4O2/c17-12(14-5-8-2-4-18-7-8)11-9-6-13-3-1-10(9)15-16-11/h2,4,7,13H,1,3,5-6H2,(H,14,17)(H,15,16). The van der Waals surface area contributed by atoms with Crippen LogP contribution in [0.15, 0.2) is 23.0 Å². The third kappa shape index (κ3) is 2.02. The van der Waals surface area contributed by atoms with Gasteiger partial charge in [-0.25, -0.2) is 0 Å². The van der Waals surface area contributed by atoms with E-state index in [1.807, 2.05) is 6.07 Å². The van der Waals surface area contributed by atoms with Crippen LogP contribution in [0.2, 0.25) is 0 Å². The molecule has 3 N–H and O–H groups in total. The van der Waals surface area contributed by atoms with Crippen LogP contribution < -0.4 is 10.6 Å². The van der Waals surface area contributed by atoms with Crippen LogP contribution >= 0.6 is 0 Å². The molecule has 2 aromatic rings. The molecule has 1 aliphatic heterocycles. The molecule has 0 atom stereocenters. The summed E-state index contributed by atoms with van der Waals surface area (Å²) in [4.78, 5) is 12.0. The number of hydrogen-bond donors (Lipinski definition) is 3. The molecule has 94 valence electrons. The number of rotatable bonds is 3. The van der Waals surface area contributed by atoms with Crippen LogP contribution in [0.1, 0.15) is 27.3 Å². The molecule has 0 unspecified atom stereocenters. The third-order valence-corrected chi connectivity index (χ3v) is 3.05. The van der Waals surface area contributed by atoms with E-state index in [9.17, 15) is 4.79 Å². The van der Waals surface area contributed by atoms with E-state index < -0.39 is 0 Å². The largest absolute Gasteiger partial charge is 0.472 e. The van der Waals surface area contributed by atoms with Crippen LogP contribution in [0.25, 0.3) is 0 Å². The first-order valence-electron chi connectivity index (χ1n) is 5.90. The van der Waals surface area contributed by atoms with Crippen molar-refractivity contribution in [3.05, 3.63) is 41.1 Å².